The molecule has 0 aliphatic heterocycles. The fourth-order valence-corrected chi connectivity index (χ4v) is 1.26. The van der Waals surface area contributed by atoms with Crippen molar-refractivity contribution in [2.75, 3.05) is 14.1 Å². The van der Waals surface area contributed by atoms with E-state index in [1.807, 2.05) is 0 Å². The van der Waals surface area contributed by atoms with Gasteiger partial charge in [0.2, 0.25) is 0 Å². The van der Waals surface area contributed by atoms with Crippen LogP contribution in [0.2, 0.25) is 0 Å². The van der Waals surface area contributed by atoms with Gasteiger partial charge < -0.3 is 4.90 Å². The van der Waals surface area contributed by atoms with Gasteiger partial charge in [-0.05, 0) is 6.07 Å². The van der Waals surface area contributed by atoms with Crippen LogP contribution in [-0.2, 0) is 0 Å². The van der Waals surface area contributed by atoms with Crippen LogP contribution < -0.4 is 0 Å². The van der Waals surface area contributed by atoms with Gasteiger partial charge in [-0.25, -0.2) is 0 Å². The fraction of sp³-hybridized carbons (Fsp3) is 0.222. The first-order chi connectivity index (χ1) is 6.70. The summed E-state index contributed by atoms with van der Waals surface area (Å²) in [7, 11) is 3.42. The van der Waals surface area contributed by atoms with Crippen molar-refractivity contribution in [2.24, 2.45) is 0 Å². The van der Waals surface area contributed by atoms with E-state index < -0.39 is 0 Å². The van der Waals surface area contributed by atoms with Crippen molar-refractivity contribution in [1.82, 2.24) is 20.1 Å². The minimum absolute atomic E-state index is 0.0653. The van der Waals surface area contributed by atoms with Gasteiger partial charge in [-0.1, -0.05) is 0 Å². The van der Waals surface area contributed by atoms with E-state index in [0.29, 0.717) is 16.6 Å². The van der Waals surface area contributed by atoms with Crippen molar-refractivity contribution in [3.8, 4) is 0 Å². The molecule has 0 radical (unpaired) electrons. The van der Waals surface area contributed by atoms with Gasteiger partial charge in [-0.15, -0.1) is 0 Å². The number of carbonyl (C=O) groups excluding carboxylic acids is 1. The lowest BCUT2D eigenvalue weighted by Crippen LogP contribution is -2.22. The Hall–Kier alpha value is -1.91. The third-order valence-electron chi connectivity index (χ3n) is 1.97. The number of hydrogen-bond donors (Lipinski definition) is 1. The average molecular weight is 190 g/mol. The van der Waals surface area contributed by atoms with Crippen LogP contribution >= 0.6 is 0 Å². The molecule has 14 heavy (non-hydrogen) atoms. The molecule has 72 valence electrons. The quantitative estimate of drug-likeness (QED) is 0.718. The number of hydrogen-bond acceptors (Lipinski definition) is 3. The van der Waals surface area contributed by atoms with Gasteiger partial charge in [0.1, 0.15) is 11.0 Å². The molecule has 1 N–H and O–H groups in total. The molecule has 0 aliphatic rings. The van der Waals surface area contributed by atoms with Crippen molar-refractivity contribution < 1.29 is 4.79 Å². The number of fused-ring (bicyclic) bond motifs is 1. The second kappa shape index (κ2) is 3.10. The number of amides is 1. The van der Waals surface area contributed by atoms with Crippen LogP contribution in [0, 0.1) is 0 Å². The normalized spacial score (nSPS) is 10.4. The second-order valence-electron chi connectivity index (χ2n) is 3.18. The van der Waals surface area contributed by atoms with Crippen LogP contribution in [-0.4, -0.2) is 40.1 Å². The molecule has 0 fully saturated rings. The van der Waals surface area contributed by atoms with Gasteiger partial charge in [0, 0.05) is 26.5 Å². The summed E-state index contributed by atoms with van der Waals surface area (Å²) >= 11 is 0. The lowest BCUT2D eigenvalue weighted by atomic mass is 10.2. The van der Waals surface area contributed by atoms with E-state index in [0.717, 1.165) is 0 Å². The van der Waals surface area contributed by atoms with E-state index in [4.69, 9.17) is 0 Å². The van der Waals surface area contributed by atoms with Crippen LogP contribution in [0.15, 0.2) is 18.5 Å². The van der Waals surface area contributed by atoms with Crippen LogP contribution in [0.25, 0.3) is 11.0 Å². The maximum absolute atomic E-state index is 11.7. The van der Waals surface area contributed by atoms with Gasteiger partial charge in [0.15, 0.2) is 0 Å². The number of carbonyl (C=O) groups is 1. The molecule has 2 aromatic rings. The molecule has 0 aliphatic carbocycles. The van der Waals surface area contributed by atoms with Crippen LogP contribution in [0.3, 0.4) is 0 Å². The third-order valence-corrected chi connectivity index (χ3v) is 1.97. The minimum atomic E-state index is -0.0653. The third kappa shape index (κ3) is 1.22. The van der Waals surface area contributed by atoms with Crippen molar-refractivity contribution in [1.29, 1.82) is 0 Å². The Morgan fingerprint density at radius 1 is 1.50 bits per heavy atom. The van der Waals surface area contributed by atoms with Gasteiger partial charge >= 0.3 is 0 Å². The Labute approximate surface area is 80.7 Å². The highest BCUT2D eigenvalue weighted by Crippen LogP contribution is 2.13. The molecule has 5 nitrogen and oxygen atoms in total. The first kappa shape index (κ1) is 8.68. The van der Waals surface area contributed by atoms with Crippen molar-refractivity contribution in [3.63, 3.8) is 0 Å². The lowest BCUT2D eigenvalue weighted by molar-refractivity contribution is 0.0829. The van der Waals surface area contributed by atoms with E-state index in [9.17, 15) is 4.79 Å². The largest absolute Gasteiger partial charge is 0.345 e. The number of rotatable bonds is 1. The molecule has 0 bridgehead atoms. The molecule has 0 unspecified atom stereocenters. The zero-order chi connectivity index (χ0) is 10.1. The molecule has 2 aromatic heterocycles. The summed E-state index contributed by atoms with van der Waals surface area (Å²) in [4.78, 5) is 17.3. The van der Waals surface area contributed by atoms with E-state index in [1.165, 1.54) is 4.90 Å². The molecular weight excluding hydrogens is 180 g/mol. The van der Waals surface area contributed by atoms with Gasteiger partial charge in [-0.3, -0.25) is 14.9 Å². The predicted molar refractivity (Wildman–Crippen MR) is 51.9 cm³/mol. The summed E-state index contributed by atoms with van der Waals surface area (Å²) in [5.74, 6) is -0.0653. The van der Waals surface area contributed by atoms with Gasteiger partial charge in [-0.2, -0.15) is 5.10 Å². The Balaban J connectivity index is 2.62. The number of aromatic amines is 1. The zero-order valence-electron chi connectivity index (χ0n) is 7.98. The number of nitrogens with zero attached hydrogens (tertiary/aromatic N) is 3. The maximum atomic E-state index is 11.7. The summed E-state index contributed by atoms with van der Waals surface area (Å²) in [6.07, 6.45) is 3.27. The van der Waals surface area contributed by atoms with Crippen molar-refractivity contribution >= 4 is 16.9 Å². The molecular formula is C9H10N4O. The molecule has 5 heteroatoms. The number of nitrogens with one attached hydrogen (secondary N) is 1. The van der Waals surface area contributed by atoms with Gasteiger partial charge in [0.05, 0.1) is 5.56 Å². The molecule has 1 amide bonds. The molecule has 0 spiro atoms. The van der Waals surface area contributed by atoms with E-state index in [2.05, 4.69) is 15.2 Å². The SMILES string of the molecule is CN(C)C(=O)c1ccnc2c[nH]nc12. The average Bonchev–Trinajstić information content (AvgIpc) is 2.63. The van der Waals surface area contributed by atoms with Gasteiger partial charge in [0.25, 0.3) is 5.91 Å². The van der Waals surface area contributed by atoms with Crippen molar-refractivity contribution in [3.05, 3.63) is 24.0 Å². The summed E-state index contributed by atoms with van der Waals surface area (Å²) in [6.45, 7) is 0. The summed E-state index contributed by atoms with van der Waals surface area (Å²) in [5.41, 5.74) is 1.89. The topological polar surface area (TPSA) is 61.9 Å². The smallest absolute Gasteiger partial charge is 0.255 e. The highest BCUT2D eigenvalue weighted by atomic mass is 16.2. The second-order valence-corrected chi connectivity index (χ2v) is 3.18. The van der Waals surface area contributed by atoms with E-state index in [-0.39, 0.29) is 5.91 Å². The van der Waals surface area contributed by atoms with E-state index in [1.54, 1.807) is 32.6 Å². The fourth-order valence-electron chi connectivity index (χ4n) is 1.26. The molecule has 0 atom stereocenters. The Morgan fingerprint density at radius 3 is 3.00 bits per heavy atom. The number of pyridine rings is 1. The molecule has 2 rings (SSSR count). The molecule has 0 aromatic carbocycles. The number of H-pyrrole nitrogens is 1. The first-order valence-corrected chi connectivity index (χ1v) is 4.20. The Bertz CT molecular complexity index is 474. The van der Waals surface area contributed by atoms with Crippen LogP contribution in [0.1, 0.15) is 10.4 Å². The predicted octanol–water partition coefficient (Wildman–Crippen LogP) is 0.660. The number of aromatic nitrogens is 3. The van der Waals surface area contributed by atoms with Crippen LogP contribution in [0.5, 0.6) is 0 Å². The summed E-state index contributed by atoms with van der Waals surface area (Å²) < 4.78 is 0. The van der Waals surface area contributed by atoms with Crippen molar-refractivity contribution in [2.45, 2.75) is 0 Å². The first-order valence-electron chi connectivity index (χ1n) is 4.20. The lowest BCUT2D eigenvalue weighted by Gasteiger charge is -2.09. The van der Waals surface area contributed by atoms with Crippen LogP contribution in [0.4, 0.5) is 0 Å². The summed E-state index contributed by atoms with van der Waals surface area (Å²) in [6, 6.07) is 1.67. The highest BCUT2D eigenvalue weighted by molar-refractivity contribution is 6.04. The molecule has 2 heterocycles. The maximum Gasteiger partial charge on any atom is 0.255 e. The summed E-state index contributed by atoms with van der Waals surface area (Å²) in [5, 5.41) is 6.68. The Morgan fingerprint density at radius 2 is 2.29 bits per heavy atom. The molecule has 0 saturated carbocycles. The van der Waals surface area contributed by atoms with E-state index >= 15 is 0 Å². The minimum Gasteiger partial charge on any atom is -0.345 e. The molecule has 0 saturated heterocycles. The standard InChI is InChI=1S/C9H10N4O/c1-13(2)9(14)6-3-4-10-7-5-11-12-8(6)7/h3-5H,1-2H3,(H,11,12). The highest BCUT2D eigenvalue weighted by Gasteiger charge is 2.13. The zero-order valence-corrected chi connectivity index (χ0v) is 7.98. The Kier molecular flexibility index (Phi) is 1.92. The monoisotopic (exact) mass is 190 g/mol.